The van der Waals surface area contributed by atoms with Crippen LogP contribution in [-0.4, -0.2) is 16.4 Å². The molecule has 2 aromatic rings. The summed E-state index contributed by atoms with van der Waals surface area (Å²) in [5, 5.41) is 0. The van der Waals surface area contributed by atoms with Gasteiger partial charge >= 0.3 is 0 Å². The van der Waals surface area contributed by atoms with Crippen molar-refractivity contribution >= 4 is 0 Å². The molecule has 1 aromatic carbocycles. The Balaban J connectivity index is 1.58. The zero-order valence-corrected chi connectivity index (χ0v) is 10.8. The Kier molecular flexibility index (Phi) is 3.11. The number of benzene rings is 1. The van der Waals surface area contributed by atoms with Gasteiger partial charge in [0.25, 0.3) is 0 Å². The van der Waals surface area contributed by atoms with Crippen LogP contribution >= 0.6 is 0 Å². The quantitative estimate of drug-likeness (QED) is 0.817. The second-order valence-electron chi connectivity index (χ2n) is 5.06. The van der Waals surface area contributed by atoms with Crippen LogP contribution in [0.15, 0.2) is 42.6 Å². The van der Waals surface area contributed by atoms with Gasteiger partial charge in [-0.2, -0.15) is 0 Å². The predicted octanol–water partition coefficient (Wildman–Crippen LogP) is 2.95. The van der Waals surface area contributed by atoms with Crippen LogP contribution in [0, 0.1) is 6.92 Å². The Bertz CT molecular complexity index is 506. The van der Waals surface area contributed by atoms with E-state index in [2.05, 4.69) is 53.2 Å². The summed E-state index contributed by atoms with van der Waals surface area (Å²) in [7, 11) is 0. The molecular weight excluding hydrogens is 220 g/mol. The molecule has 0 atom stereocenters. The van der Waals surface area contributed by atoms with Crippen molar-refractivity contribution in [2.45, 2.75) is 26.4 Å². The van der Waals surface area contributed by atoms with Crippen LogP contribution in [0.1, 0.15) is 22.4 Å². The average Bonchev–Trinajstić information content (AvgIpc) is 2.81. The van der Waals surface area contributed by atoms with Crippen molar-refractivity contribution in [1.82, 2.24) is 9.88 Å². The largest absolute Gasteiger partial charge is 0.294 e. The lowest BCUT2D eigenvalue weighted by molar-refractivity contribution is 0.287. The molecule has 0 radical (unpaired) electrons. The molecular formula is C16H18N2. The topological polar surface area (TPSA) is 16.1 Å². The lowest BCUT2D eigenvalue weighted by Gasteiger charge is -2.14. The highest BCUT2D eigenvalue weighted by molar-refractivity contribution is 5.30. The number of aryl methyl sites for hydroxylation is 1. The first-order chi connectivity index (χ1) is 8.81. The average molecular weight is 238 g/mol. The minimum Gasteiger partial charge on any atom is -0.294 e. The molecule has 0 spiro atoms. The van der Waals surface area contributed by atoms with Crippen molar-refractivity contribution in [3.8, 4) is 0 Å². The van der Waals surface area contributed by atoms with Crippen LogP contribution in [0.4, 0.5) is 0 Å². The summed E-state index contributed by atoms with van der Waals surface area (Å²) < 4.78 is 0. The second-order valence-corrected chi connectivity index (χ2v) is 5.06. The molecule has 1 aliphatic heterocycles. The number of fused-ring (bicyclic) bond motifs is 1. The third kappa shape index (κ3) is 2.44. The van der Waals surface area contributed by atoms with Gasteiger partial charge in [0.15, 0.2) is 0 Å². The van der Waals surface area contributed by atoms with Gasteiger partial charge in [-0.05, 0) is 29.7 Å². The lowest BCUT2D eigenvalue weighted by Crippen LogP contribution is -2.19. The van der Waals surface area contributed by atoms with Gasteiger partial charge in [-0.15, -0.1) is 0 Å². The summed E-state index contributed by atoms with van der Waals surface area (Å²) in [5.41, 5.74) is 5.38. The molecule has 92 valence electrons. The first-order valence-electron chi connectivity index (χ1n) is 6.52. The maximum atomic E-state index is 4.46. The van der Waals surface area contributed by atoms with E-state index in [1.165, 1.54) is 22.4 Å². The first-order valence-corrected chi connectivity index (χ1v) is 6.52. The van der Waals surface area contributed by atoms with Gasteiger partial charge in [0.1, 0.15) is 0 Å². The molecule has 2 heterocycles. The van der Waals surface area contributed by atoms with Gasteiger partial charge in [0.05, 0.1) is 0 Å². The summed E-state index contributed by atoms with van der Waals surface area (Å²) in [6, 6.07) is 13.0. The van der Waals surface area contributed by atoms with Gasteiger partial charge in [-0.25, -0.2) is 0 Å². The van der Waals surface area contributed by atoms with Crippen molar-refractivity contribution in [2.75, 3.05) is 6.54 Å². The molecule has 0 bridgehead atoms. The lowest BCUT2D eigenvalue weighted by atomic mass is 10.1. The van der Waals surface area contributed by atoms with E-state index in [0.717, 1.165) is 26.1 Å². The van der Waals surface area contributed by atoms with E-state index in [1.807, 2.05) is 6.20 Å². The normalized spacial score (nSPS) is 14.7. The molecule has 0 saturated carbocycles. The van der Waals surface area contributed by atoms with Gasteiger partial charge in [-0.3, -0.25) is 9.88 Å². The highest BCUT2D eigenvalue weighted by Crippen LogP contribution is 2.21. The summed E-state index contributed by atoms with van der Waals surface area (Å²) in [6.07, 6.45) is 2.99. The van der Waals surface area contributed by atoms with Crippen LogP contribution in [-0.2, 0) is 19.5 Å². The fraction of sp³-hybridized carbons (Fsp3) is 0.312. The van der Waals surface area contributed by atoms with Crippen LogP contribution in [0.25, 0.3) is 0 Å². The summed E-state index contributed by atoms with van der Waals surface area (Å²) in [6.45, 7) is 5.34. The first kappa shape index (κ1) is 11.4. The molecule has 18 heavy (non-hydrogen) atoms. The fourth-order valence-electron chi connectivity index (χ4n) is 2.48. The van der Waals surface area contributed by atoms with E-state index in [-0.39, 0.29) is 0 Å². The molecule has 0 saturated heterocycles. The standard InChI is InChI=1S/C16H18N2/c1-13-6-7-16(17-10-13)8-9-18-11-14-4-2-3-5-15(14)12-18/h2-7,10H,8-9,11-12H2,1H3. The Labute approximate surface area is 108 Å². The van der Waals surface area contributed by atoms with Crippen LogP contribution in [0.3, 0.4) is 0 Å². The predicted molar refractivity (Wildman–Crippen MR) is 73.2 cm³/mol. The van der Waals surface area contributed by atoms with E-state index in [4.69, 9.17) is 0 Å². The van der Waals surface area contributed by atoms with E-state index in [1.54, 1.807) is 0 Å². The van der Waals surface area contributed by atoms with Gasteiger partial charge in [0.2, 0.25) is 0 Å². The van der Waals surface area contributed by atoms with Crippen molar-refractivity contribution in [3.05, 3.63) is 65.0 Å². The monoisotopic (exact) mass is 238 g/mol. The number of aromatic nitrogens is 1. The SMILES string of the molecule is Cc1ccc(CCN2Cc3ccccc3C2)nc1. The van der Waals surface area contributed by atoms with Crippen LogP contribution in [0.2, 0.25) is 0 Å². The summed E-state index contributed by atoms with van der Waals surface area (Å²) in [4.78, 5) is 6.95. The molecule has 0 fully saturated rings. The Morgan fingerprint density at radius 3 is 2.39 bits per heavy atom. The molecule has 2 heteroatoms. The highest BCUT2D eigenvalue weighted by atomic mass is 15.1. The number of nitrogens with zero attached hydrogens (tertiary/aromatic N) is 2. The van der Waals surface area contributed by atoms with Gasteiger partial charge < -0.3 is 0 Å². The molecule has 0 unspecified atom stereocenters. The molecule has 0 aliphatic carbocycles. The Hall–Kier alpha value is -1.67. The Morgan fingerprint density at radius 1 is 1.06 bits per heavy atom. The highest BCUT2D eigenvalue weighted by Gasteiger charge is 2.17. The maximum absolute atomic E-state index is 4.46. The minimum atomic E-state index is 1.04. The molecule has 1 aliphatic rings. The Morgan fingerprint density at radius 2 is 1.78 bits per heavy atom. The van der Waals surface area contributed by atoms with Gasteiger partial charge in [-0.1, -0.05) is 30.3 Å². The molecule has 0 amide bonds. The summed E-state index contributed by atoms with van der Waals surface area (Å²) in [5.74, 6) is 0. The van der Waals surface area contributed by atoms with Crippen molar-refractivity contribution < 1.29 is 0 Å². The number of hydrogen-bond donors (Lipinski definition) is 0. The van der Waals surface area contributed by atoms with Crippen molar-refractivity contribution in [1.29, 1.82) is 0 Å². The molecule has 3 rings (SSSR count). The van der Waals surface area contributed by atoms with E-state index in [0.29, 0.717) is 0 Å². The van der Waals surface area contributed by atoms with Crippen molar-refractivity contribution in [2.24, 2.45) is 0 Å². The smallest absolute Gasteiger partial charge is 0.0416 e. The maximum Gasteiger partial charge on any atom is 0.0416 e. The third-order valence-electron chi connectivity index (χ3n) is 3.56. The number of hydrogen-bond acceptors (Lipinski definition) is 2. The summed E-state index contributed by atoms with van der Waals surface area (Å²) >= 11 is 0. The number of pyridine rings is 1. The van der Waals surface area contributed by atoms with Crippen LogP contribution in [0.5, 0.6) is 0 Å². The zero-order valence-electron chi connectivity index (χ0n) is 10.8. The fourth-order valence-corrected chi connectivity index (χ4v) is 2.48. The van der Waals surface area contributed by atoms with Crippen LogP contribution < -0.4 is 0 Å². The molecule has 1 aromatic heterocycles. The number of rotatable bonds is 3. The molecule has 0 N–H and O–H groups in total. The van der Waals surface area contributed by atoms with E-state index < -0.39 is 0 Å². The van der Waals surface area contributed by atoms with Crippen molar-refractivity contribution in [3.63, 3.8) is 0 Å². The third-order valence-corrected chi connectivity index (χ3v) is 3.56. The zero-order chi connectivity index (χ0) is 12.4. The second kappa shape index (κ2) is 4.91. The molecule has 2 nitrogen and oxygen atoms in total. The van der Waals surface area contributed by atoms with E-state index >= 15 is 0 Å². The minimum absolute atomic E-state index is 1.04. The van der Waals surface area contributed by atoms with E-state index in [9.17, 15) is 0 Å². The van der Waals surface area contributed by atoms with Gasteiger partial charge in [0, 0.05) is 37.9 Å².